The number of hydrogen-bond acceptors (Lipinski definition) is 5. The molecule has 6 heteroatoms. The number of rotatable bonds is 7. The summed E-state index contributed by atoms with van der Waals surface area (Å²) in [5, 5.41) is 0. The van der Waals surface area contributed by atoms with Crippen LogP contribution in [0.15, 0.2) is 54.6 Å². The van der Waals surface area contributed by atoms with E-state index in [0.717, 1.165) is 10.5 Å². The Hall–Kier alpha value is -3.28. The van der Waals surface area contributed by atoms with E-state index in [4.69, 9.17) is 4.74 Å². The van der Waals surface area contributed by atoms with Gasteiger partial charge in [0, 0.05) is 12.8 Å². The highest BCUT2D eigenvalue weighted by Gasteiger charge is 2.43. The molecule has 0 spiro atoms. The highest BCUT2D eigenvalue weighted by molar-refractivity contribution is 6.22. The van der Waals surface area contributed by atoms with Gasteiger partial charge >= 0.3 is 5.97 Å². The zero-order chi connectivity index (χ0) is 19.4. The number of carbonyl (C=O) groups excluding carboxylic acids is 4. The van der Waals surface area contributed by atoms with E-state index in [1.165, 1.54) is 7.11 Å². The van der Waals surface area contributed by atoms with Crippen LogP contribution in [0.25, 0.3) is 0 Å². The van der Waals surface area contributed by atoms with Gasteiger partial charge in [0.1, 0.15) is 11.8 Å². The van der Waals surface area contributed by atoms with Gasteiger partial charge in [-0.05, 0) is 24.1 Å². The highest BCUT2D eigenvalue weighted by atomic mass is 16.5. The van der Waals surface area contributed by atoms with Crippen molar-refractivity contribution in [2.75, 3.05) is 7.11 Å². The average Bonchev–Trinajstić information content (AvgIpc) is 2.94. The number of fused-ring (bicyclic) bond motifs is 1. The Morgan fingerprint density at radius 2 is 1.48 bits per heavy atom. The minimum absolute atomic E-state index is 0.0316. The first-order chi connectivity index (χ1) is 13.0. The normalized spacial score (nSPS) is 14.0. The van der Waals surface area contributed by atoms with Crippen LogP contribution in [0.1, 0.15) is 39.1 Å². The maximum Gasteiger partial charge on any atom is 0.329 e. The van der Waals surface area contributed by atoms with Gasteiger partial charge in [0.25, 0.3) is 11.8 Å². The summed E-state index contributed by atoms with van der Waals surface area (Å²) in [6.07, 6.45) is 0.322. The smallest absolute Gasteiger partial charge is 0.329 e. The predicted octanol–water partition coefficient (Wildman–Crippen LogP) is 2.42. The lowest BCUT2D eigenvalue weighted by molar-refractivity contribution is -0.145. The molecule has 1 aliphatic rings. The lowest BCUT2D eigenvalue weighted by Gasteiger charge is -2.23. The number of hydrogen-bond donors (Lipinski definition) is 0. The van der Waals surface area contributed by atoms with Gasteiger partial charge in [0.15, 0.2) is 0 Å². The van der Waals surface area contributed by atoms with Crippen molar-refractivity contribution in [1.82, 2.24) is 4.90 Å². The Bertz CT molecular complexity index is 855. The molecule has 138 valence electrons. The molecule has 6 nitrogen and oxygen atoms in total. The molecule has 0 radical (unpaired) electrons. The number of carbonyl (C=O) groups is 4. The van der Waals surface area contributed by atoms with E-state index in [1.54, 1.807) is 24.3 Å². The number of esters is 1. The molecule has 1 heterocycles. The molecule has 0 N–H and O–H groups in total. The van der Waals surface area contributed by atoms with E-state index in [2.05, 4.69) is 0 Å². The fourth-order valence-electron chi connectivity index (χ4n) is 3.19. The first kappa shape index (κ1) is 18.5. The van der Waals surface area contributed by atoms with Crippen molar-refractivity contribution in [1.29, 1.82) is 0 Å². The summed E-state index contributed by atoms with van der Waals surface area (Å²) in [5.74, 6) is -1.87. The summed E-state index contributed by atoms with van der Waals surface area (Å²) in [5.41, 5.74) is 1.39. The number of imide groups is 1. The monoisotopic (exact) mass is 365 g/mol. The number of methoxy groups -OCH3 is 1. The maximum atomic E-state index is 12.6. The van der Waals surface area contributed by atoms with E-state index in [9.17, 15) is 19.2 Å². The summed E-state index contributed by atoms with van der Waals surface area (Å²) in [7, 11) is 1.19. The summed E-state index contributed by atoms with van der Waals surface area (Å²) in [4.78, 5) is 50.7. The fourth-order valence-corrected chi connectivity index (χ4v) is 3.19. The van der Waals surface area contributed by atoms with Gasteiger partial charge in [-0.15, -0.1) is 0 Å². The molecule has 0 bridgehead atoms. The van der Waals surface area contributed by atoms with Crippen molar-refractivity contribution in [2.24, 2.45) is 0 Å². The second-order valence-electron chi connectivity index (χ2n) is 6.30. The van der Waals surface area contributed by atoms with Crippen LogP contribution in [0.5, 0.6) is 0 Å². The SMILES string of the molecule is COC(=O)C(CCC(=O)Cc1ccccc1)N1C(=O)c2ccccc2C1=O. The van der Waals surface area contributed by atoms with E-state index in [0.29, 0.717) is 0 Å². The van der Waals surface area contributed by atoms with Crippen LogP contribution in [-0.4, -0.2) is 41.6 Å². The quantitative estimate of drug-likeness (QED) is 0.556. The second-order valence-corrected chi connectivity index (χ2v) is 6.30. The molecule has 1 atom stereocenters. The molecule has 0 saturated heterocycles. The van der Waals surface area contributed by atoms with Crippen molar-refractivity contribution >= 4 is 23.6 Å². The number of nitrogens with zero attached hydrogens (tertiary/aromatic N) is 1. The predicted molar refractivity (Wildman–Crippen MR) is 97.1 cm³/mol. The molecule has 0 aliphatic carbocycles. The van der Waals surface area contributed by atoms with Crippen LogP contribution in [-0.2, 0) is 20.7 Å². The van der Waals surface area contributed by atoms with Gasteiger partial charge in [0.05, 0.1) is 18.2 Å². The summed E-state index contributed by atoms with van der Waals surface area (Å²) in [6.45, 7) is 0. The van der Waals surface area contributed by atoms with Gasteiger partial charge in [0.2, 0.25) is 0 Å². The van der Waals surface area contributed by atoms with Crippen LogP contribution in [0.3, 0.4) is 0 Å². The van der Waals surface area contributed by atoms with Gasteiger partial charge < -0.3 is 4.74 Å². The molecular formula is C21H19NO5. The summed E-state index contributed by atoms with van der Waals surface area (Å²) >= 11 is 0. The lowest BCUT2D eigenvalue weighted by atomic mass is 10.0. The third-order valence-electron chi connectivity index (χ3n) is 4.55. The molecule has 1 aliphatic heterocycles. The first-order valence-electron chi connectivity index (χ1n) is 8.63. The van der Waals surface area contributed by atoms with Crippen LogP contribution in [0, 0.1) is 0 Å². The molecule has 0 fully saturated rings. The Morgan fingerprint density at radius 3 is 2.04 bits per heavy atom. The topological polar surface area (TPSA) is 80.8 Å². The summed E-state index contributed by atoms with van der Waals surface area (Å²) in [6, 6.07) is 14.5. The molecule has 0 saturated carbocycles. The van der Waals surface area contributed by atoms with E-state index >= 15 is 0 Å². The van der Waals surface area contributed by atoms with E-state index < -0.39 is 23.8 Å². The number of Topliss-reactive ketones (excluding diaryl/α,β-unsaturated/α-hetero) is 1. The minimum atomic E-state index is -1.12. The number of amides is 2. The van der Waals surface area contributed by atoms with Crippen molar-refractivity contribution < 1.29 is 23.9 Å². The van der Waals surface area contributed by atoms with Crippen molar-refractivity contribution in [3.8, 4) is 0 Å². The molecule has 0 aromatic heterocycles. The summed E-state index contributed by atoms with van der Waals surface area (Å²) < 4.78 is 4.77. The zero-order valence-electron chi connectivity index (χ0n) is 14.9. The Balaban J connectivity index is 1.74. The van der Waals surface area contributed by atoms with Gasteiger partial charge in [-0.1, -0.05) is 42.5 Å². The number of benzene rings is 2. The first-order valence-corrected chi connectivity index (χ1v) is 8.63. The Kier molecular flexibility index (Phi) is 5.45. The van der Waals surface area contributed by atoms with Crippen molar-refractivity contribution in [3.05, 3.63) is 71.3 Å². The van der Waals surface area contributed by atoms with Gasteiger partial charge in [-0.25, -0.2) is 4.79 Å². The van der Waals surface area contributed by atoms with E-state index in [-0.39, 0.29) is 36.2 Å². The van der Waals surface area contributed by atoms with Crippen LogP contribution < -0.4 is 0 Å². The molecular weight excluding hydrogens is 346 g/mol. The Morgan fingerprint density at radius 1 is 0.926 bits per heavy atom. The number of ketones is 1. The Labute approximate surface area is 156 Å². The molecule has 2 aromatic carbocycles. The van der Waals surface area contributed by atoms with Crippen LogP contribution in [0.4, 0.5) is 0 Å². The molecule has 2 aromatic rings. The standard InChI is InChI=1S/C21H19NO5/c1-27-21(26)18(12-11-15(23)13-14-7-3-2-4-8-14)22-19(24)16-9-5-6-10-17(16)20(22)25/h2-10,18H,11-13H2,1H3. The average molecular weight is 365 g/mol. The second kappa shape index (κ2) is 7.95. The third-order valence-corrected chi connectivity index (χ3v) is 4.55. The molecule has 3 rings (SSSR count). The van der Waals surface area contributed by atoms with E-state index in [1.807, 2.05) is 30.3 Å². The molecule has 27 heavy (non-hydrogen) atoms. The third kappa shape index (κ3) is 3.79. The largest absolute Gasteiger partial charge is 0.467 e. The van der Waals surface area contributed by atoms with Gasteiger partial charge in [-0.2, -0.15) is 0 Å². The van der Waals surface area contributed by atoms with Gasteiger partial charge in [-0.3, -0.25) is 19.3 Å². The van der Waals surface area contributed by atoms with Crippen molar-refractivity contribution in [2.45, 2.75) is 25.3 Å². The molecule has 1 unspecified atom stereocenters. The number of ether oxygens (including phenoxy) is 1. The lowest BCUT2D eigenvalue weighted by Crippen LogP contribution is -2.45. The highest BCUT2D eigenvalue weighted by Crippen LogP contribution is 2.26. The fraction of sp³-hybridized carbons (Fsp3) is 0.238. The van der Waals surface area contributed by atoms with Crippen LogP contribution in [0.2, 0.25) is 0 Å². The minimum Gasteiger partial charge on any atom is -0.467 e. The van der Waals surface area contributed by atoms with Crippen molar-refractivity contribution in [3.63, 3.8) is 0 Å². The maximum absolute atomic E-state index is 12.6. The zero-order valence-corrected chi connectivity index (χ0v) is 14.9. The molecule has 2 amide bonds. The van der Waals surface area contributed by atoms with Crippen LogP contribution >= 0.6 is 0 Å².